The van der Waals surface area contributed by atoms with Gasteiger partial charge < -0.3 is 9.30 Å². The Balaban J connectivity index is 1.75. The Hall–Kier alpha value is -1.82. The fourth-order valence-corrected chi connectivity index (χ4v) is 4.06. The average molecular weight is 437 g/mol. The number of hydrogen-bond acceptors (Lipinski definition) is 4. The van der Waals surface area contributed by atoms with E-state index >= 15 is 0 Å². The number of halogens is 2. The molecule has 2 heterocycles. The van der Waals surface area contributed by atoms with E-state index in [1.54, 1.807) is 22.8 Å². The second-order valence-corrected chi connectivity index (χ2v) is 8.44. The molecule has 1 aromatic heterocycles. The summed E-state index contributed by atoms with van der Waals surface area (Å²) in [7, 11) is 0. The number of nitrogens with zero attached hydrogens (tertiary/aromatic N) is 2. The lowest BCUT2D eigenvalue weighted by Gasteiger charge is -2.20. The van der Waals surface area contributed by atoms with E-state index in [0.29, 0.717) is 30.1 Å². The van der Waals surface area contributed by atoms with E-state index in [2.05, 4.69) is 4.90 Å². The molecule has 0 aliphatic carbocycles. The highest BCUT2D eigenvalue weighted by Gasteiger charge is 2.18. The van der Waals surface area contributed by atoms with Crippen LogP contribution in [0.2, 0.25) is 10.0 Å². The van der Waals surface area contributed by atoms with Gasteiger partial charge in [-0.1, -0.05) is 35.3 Å². The lowest BCUT2D eigenvalue weighted by Crippen LogP contribution is -2.29. The quantitative estimate of drug-likeness (QED) is 0.596. The van der Waals surface area contributed by atoms with Crippen molar-refractivity contribution >= 4 is 29.2 Å². The third-order valence-electron chi connectivity index (χ3n) is 5.03. The van der Waals surface area contributed by atoms with Crippen LogP contribution in [0.15, 0.2) is 35.1 Å². The molecular formula is C22H26Cl2N2O3. The second-order valence-electron chi connectivity index (χ2n) is 7.63. The molecule has 0 bridgehead atoms. The van der Waals surface area contributed by atoms with Crippen LogP contribution in [-0.2, 0) is 24.2 Å². The average Bonchev–Trinajstić information content (AvgIpc) is 3.19. The number of rotatable bonds is 7. The number of aromatic nitrogens is 1. The molecular weight excluding hydrogens is 411 g/mol. The van der Waals surface area contributed by atoms with Crippen LogP contribution in [0, 0.1) is 0 Å². The molecule has 1 aliphatic rings. The summed E-state index contributed by atoms with van der Waals surface area (Å²) in [6.07, 6.45) is 2.81. The zero-order valence-electron chi connectivity index (χ0n) is 16.8. The third kappa shape index (κ3) is 5.62. The van der Waals surface area contributed by atoms with Crippen molar-refractivity contribution in [3.63, 3.8) is 0 Å². The molecule has 1 fully saturated rings. The third-order valence-corrected chi connectivity index (χ3v) is 5.63. The van der Waals surface area contributed by atoms with Gasteiger partial charge in [-0.2, -0.15) is 0 Å². The van der Waals surface area contributed by atoms with Gasteiger partial charge in [-0.25, -0.2) is 4.79 Å². The Labute approximate surface area is 181 Å². The summed E-state index contributed by atoms with van der Waals surface area (Å²) in [5.74, 6) is -0.336. The maximum atomic E-state index is 12.7. The van der Waals surface area contributed by atoms with Gasteiger partial charge in [-0.05, 0) is 70.0 Å². The highest BCUT2D eigenvalue weighted by atomic mass is 35.5. The fraction of sp³-hybridized carbons (Fsp3) is 0.455. The number of benzene rings is 1. The van der Waals surface area contributed by atoms with Gasteiger partial charge in [0.15, 0.2) is 0 Å². The first kappa shape index (κ1) is 21.9. The standard InChI is InChI=1S/C22H26Cl2N2O3/c1-15(2)29-22(28)17-7-5-16(6-8-17)9-12-26-20(14-25-10-3-4-11-25)18(23)13-19(24)21(26)27/h5-8,13,15H,3-4,9-12,14H2,1-2H3. The lowest BCUT2D eigenvalue weighted by atomic mass is 10.1. The van der Waals surface area contributed by atoms with Crippen molar-refractivity contribution in [2.24, 2.45) is 0 Å². The summed E-state index contributed by atoms with van der Waals surface area (Å²) in [6, 6.07) is 8.81. The normalized spacial score (nSPS) is 14.5. The number of hydrogen-bond donors (Lipinski definition) is 0. The molecule has 1 saturated heterocycles. The minimum atomic E-state index is -0.336. The van der Waals surface area contributed by atoms with E-state index in [4.69, 9.17) is 27.9 Å². The van der Waals surface area contributed by atoms with Gasteiger partial charge in [0, 0.05) is 13.1 Å². The summed E-state index contributed by atoms with van der Waals surface area (Å²) in [4.78, 5) is 27.0. The molecule has 0 atom stereocenters. The van der Waals surface area contributed by atoms with Crippen molar-refractivity contribution in [2.45, 2.75) is 52.3 Å². The van der Waals surface area contributed by atoms with Gasteiger partial charge in [0.05, 0.1) is 22.4 Å². The van der Waals surface area contributed by atoms with Crippen LogP contribution in [0.5, 0.6) is 0 Å². The molecule has 156 valence electrons. The Kier molecular flexibility index (Phi) is 7.38. The highest BCUT2D eigenvalue weighted by molar-refractivity contribution is 6.34. The zero-order chi connectivity index (χ0) is 21.0. The minimum absolute atomic E-state index is 0.131. The van der Waals surface area contributed by atoms with E-state index in [1.165, 1.54) is 12.8 Å². The maximum absolute atomic E-state index is 12.7. The fourth-order valence-electron chi connectivity index (χ4n) is 3.52. The molecule has 0 saturated carbocycles. The van der Waals surface area contributed by atoms with Gasteiger partial charge in [0.2, 0.25) is 0 Å². The van der Waals surface area contributed by atoms with Gasteiger partial charge in [-0.3, -0.25) is 9.69 Å². The van der Waals surface area contributed by atoms with Crippen LogP contribution in [0.1, 0.15) is 48.3 Å². The van der Waals surface area contributed by atoms with Gasteiger partial charge in [0.1, 0.15) is 5.02 Å². The van der Waals surface area contributed by atoms with E-state index < -0.39 is 0 Å². The van der Waals surface area contributed by atoms with Crippen molar-refractivity contribution in [1.29, 1.82) is 0 Å². The molecule has 1 aliphatic heterocycles. The molecule has 0 amide bonds. The second kappa shape index (κ2) is 9.79. The topological polar surface area (TPSA) is 51.5 Å². The van der Waals surface area contributed by atoms with Crippen LogP contribution in [0.25, 0.3) is 0 Å². The van der Waals surface area contributed by atoms with Crippen molar-refractivity contribution < 1.29 is 9.53 Å². The van der Waals surface area contributed by atoms with Gasteiger partial charge >= 0.3 is 5.97 Å². The SMILES string of the molecule is CC(C)OC(=O)c1ccc(CCn2c(CN3CCCC3)c(Cl)cc(Cl)c2=O)cc1. The number of pyridine rings is 1. The molecule has 2 aromatic rings. The van der Waals surface area contributed by atoms with E-state index in [1.807, 2.05) is 26.0 Å². The number of likely N-dealkylation sites (tertiary alicyclic amines) is 1. The lowest BCUT2D eigenvalue weighted by molar-refractivity contribution is 0.0378. The van der Waals surface area contributed by atoms with E-state index in [-0.39, 0.29) is 22.7 Å². The van der Waals surface area contributed by atoms with E-state index in [0.717, 1.165) is 24.3 Å². The maximum Gasteiger partial charge on any atom is 0.338 e. The van der Waals surface area contributed by atoms with Crippen molar-refractivity contribution in [3.8, 4) is 0 Å². The Morgan fingerprint density at radius 1 is 1.10 bits per heavy atom. The Bertz CT molecular complexity index is 917. The largest absolute Gasteiger partial charge is 0.459 e. The van der Waals surface area contributed by atoms with Crippen LogP contribution in [0.3, 0.4) is 0 Å². The smallest absolute Gasteiger partial charge is 0.338 e. The zero-order valence-corrected chi connectivity index (χ0v) is 18.3. The number of carbonyl (C=O) groups is 1. The molecule has 5 nitrogen and oxygen atoms in total. The Morgan fingerprint density at radius 3 is 2.38 bits per heavy atom. The summed E-state index contributed by atoms with van der Waals surface area (Å²) < 4.78 is 6.89. The highest BCUT2D eigenvalue weighted by Crippen LogP contribution is 2.22. The van der Waals surface area contributed by atoms with Gasteiger partial charge in [0.25, 0.3) is 5.56 Å². The molecule has 0 N–H and O–H groups in total. The summed E-state index contributed by atoms with van der Waals surface area (Å²) in [6.45, 7) is 6.78. The molecule has 0 spiro atoms. The molecule has 7 heteroatoms. The number of ether oxygens (including phenoxy) is 1. The van der Waals surface area contributed by atoms with Crippen molar-refractivity contribution in [2.75, 3.05) is 13.1 Å². The number of carbonyl (C=O) groups excluding carboxylic acids is 1. The van der Waals surface area contributed by atoms with Crippen LogP contribution in [0.4, 0.5) is 0 Å². The van der Waals surface area contributed by atoms with E-state index in [9.17, 15) is 9.59 Å². The van der Waals surface area contributed by atoms with Crippen LogP contribution >= 0.6 is 23.2 Å². The number of aryl methyl sites for hydroxylation is 1. The Morgan fingerprint density at radius 2 is 1.76 bits per heavy atom. The summed E-state index contributed by atoms with van der Waals surface area (Å²) >= 11 is 12.5. The summed E-state index contributed by atoms with van der Waals surface area (Å²) in [5, 5.41) is 0.653. The van der Waals surface area contributed by atoms with Gasteiger partial charge in [-0.15, -0.1) is 0 Å². The minimum Gasteiger partial charge on any atom is -0.459 e. The number of esters is 1. The first-order valence-corrected chi connectivity index (χ1v) is 10.7. The van der Waals surface area contributed by atoms with Crippen molar-refractivity contribution in [1.82, 2.24) is 9.47 Å². The predicted molar refractivity (Wildman–Crippen MR) is 116 cm³/mol. The molecule has 1 aromatic carbocycles. The first-order chi connectivity index (χ1) is 13.8. The van der Waals surface area contributed by atoms with Crippen LogP contribution in [-0.4, -0.2) is 34.6 Å². The summed E-state index contributed by atoms with van der Waals surface area (Å²) in [5.41, 5.74) is 2.11. The molecule has 3 rings (SSSR count). The monoisotopic (exact) mass is 436 g/mol. The predicted octanol–water partition coefficient (Wildman–Crippen LogP) is 4.56. The van der Waals surface area contributed by atoms with Crippen LogP contribution < -0.4 is 5.56 Å². The van der Waals surface area contributed by atoms with Crippen molar-refractivity contribution in [3.05, 3.63) is 67.6 Å². The first-order valence-electron chi connectivity index (χ1n) is 9.95. The molecule has 0 radical (unpaired) electrons. The molecule has 29 heavy (non-hydrogen) atoms. The molecule has 0 unspecified atom stereocenters.